The van der Waals surface area contributed by atoms with Crippen molar-refractivity contribution in [2.75, 3.05) is 25.0 Å². The number of anilines is 1. The Hall–Kier alpha value is -3.30. The number of benzene rings is 1. The molecule has 0 fully saturated rings. The third-order valence-electron chi connectivity index (χ3n) is 4.31. The number of carbonyl (C=O) groups excluding carboxylic acids is 1. The SMILES string of the molecule is O=C1NCCOc2cc(-c3c[nH]c4nc(NCCC(F)(F)F)ncc34)ccc21. The maximum Gasteiger partial charge on any atom is 0.390 e. The number of hydrogen-bond acceptors (Lipinski definition) is 5. The van der Waals surface area contributed by atoms with E-state index in [-0.39, 0.29) is 18.4 Å². The molecule has 1 amide bonds. The zero-order chi connectivity index (χ0) is 19.7. The van der Waals surface area contributed by atoms with Crippen molar-refractivity contribution < 1.29 is 22.7 Å². The average Bonchev–Trinajstić information content (AvgIpc) is 2.98. The molecular formula is C18H16F3N5O2. The quantitative estimate of drug-likeness (QED) is 0.636. The fourth-order valence-corrected chi connectivity index (χ4v) is 2.96. The Morgan fingerprint density at radius 1 is 1.25 bits per heavy atom. The highest BCUT2D eigenvalue weighted by molar-refractivity contribution is 5.99. The first-order valence-corrected chi connectivity index (χ1v) is 8.61. The third-order valence-corrected chi connectivity index (χ3v) is 4.31. The van der Waals surface area contributed by atoms with Crippen molar-refractivity contribution in [2.24, 2.45) is 0 Å². The van der Waals surface area contributed by atoms with E-state index >= 15 is 0 Å². The smallest absolute Gasteiger partial charge is 0.390 e. The maximum atomic E-state index is 12.2. The molecule has 1 aromatic carbocycles. The Morgan fingerprint density at radius 3 is 2.93 bits per heavy atom. The molecule has 146 valence electrons. The van der Waals surface area contributed by atoms with Gasteiger partial charge >= 0.3 is 6.18 Å². The molecule has 0 aliphatic carbocycles. The van der Waals surface area contributed by atoms with E-state index in [0.717, 1.165) is 11.1 Å². The largest absolute Gasteiger partial charge is 0.491 e. The lowest BCUT2D eigenvalue weighted by Gasteiger charge is -2.08. The van der Waals surface area contributed by atoms with E-state index in [9.17, 15) is 18.0 Å². The van der Waals surface area contributed by atoms with E-state index in [1.807, 2.05) is 0 Å². The predicted octanol–water partition coefficient (Wildman–Crippen LogP) is 3.11. The van der Waals surface area contributed by atoms with Crippen LogP contribution in [0.1, 0.15) is 16.8 Å². The molecule has 3 heterocycles. The summed E-state index contributed by atoms with van der Waals surface area (Å²) in [7, 11) is 0. The Balaban J connectivity index is 1.60. The molecule has 0 radical (unpaired) electrons. The van der Waals surface area contributed by atoms with Crippen LogP contribution in [0, 0.1) is 0 Å². The number of H-pyrrole nitrogens is 1. The average molecular weight is 391 g/mol. The van der Waals surface area contributed by atoms with Gasteiger partial charge in [0.15, 0.2) is 0 Å². The summed E-state index contributed by atoms with van der Waals surface area (Å²) in [6, 6.07) is 5.27. The summed E-state index contributed by atoms with van der Waals surface area (Å²) < 4.78 is 42.4. The molecule has 1 aliphatic heterocycles. The van der Waals surface area contributed by atoms with Gasteiger partial charge in [0, 0.05) is 29.9 Å². The van der Waals surface area contributed by atoms with Crippen molar-refractivity contribution in [1.29, 1.82) is 0 Å². The van der Waals surface area contributed by atoms with Crippen LogP contribution >= 0.6 is 0 Å². The Labute approximate surface area is 157 Å². The summed E-state index contributed by atoms with van der Waals surface area (Å²) in [4.78, 5) is 23.3. The number of alkyl halides is 3. The van der Waals surface area contributed by atoms with Crippen molar-refractivity contribution in [1.82, 2.24) is 20.3 Å². The molecule has 3 aromatic rings. The van der Waals surface area contributed by atoms with Gasteiger partial charge < -0.3 is 20.4 Å². The van der Waals surface area contributed by atoms with Crippen LogP contribution in [0.2, 0.25) is 0 Å². The van der Waals surface area contributed by atoms with Gasteiger partial charge in [0.2, 0.25) is 5.95 Å². The number of rotatable bonds is 4. The molecule has 0 unspecified atom stereocenters. The molecular weight excluding hydrogens is 375 g/mol. The lowest BCUT2D eigenvalue weighted by molar-refractivity contribution is -0.131. The van der Waals surface area contributed by atoms with E-state index in [1.165, 1.54) is 0 Å². The Morgan fingerprint density at radius 2 is 2.11 bits per heavy atom. The van der Waals surface area contributed by atoms with Gasteiger partial charge in [0.1, 0.15) is 18.0 Å². The predicted molar refractivity (Wildman–Crippen MR) is 96.3 cm³/mol. The highest BCUT2D eigenvalue weighted by Crippen LogP contribution is 2.32. The summed E-state index contributed by atoms with van der Waals surface area (Å²) in [6.07, 6.45) is -1.92. The molecule has 0 atom stereocenters. The van der Waals surface area contributed by atoms with Gasteiger partial charge in [0.05, 0.1) is 18.5 Å². The first kappa shape index (κ1) is 18.1. The van der Waals surface area contributed by atoms with Crippen molar-refractivity contribution in [3.63, 3.8) is 0 Å². The molecule has 3 N–H and O–H groups in total. The van der Waals surface area contributed by atoms with Gasteiger partial charge in [-0.3, -0.25) is 4.79 Å². The first-order valence-electron chi connectivity index (χ1n) is 8.61. The van der Waals surface area contributed by atoms with Crippen LogP contribution in [0.25, 0.3) is 22.2 Å². The Bertz CT molecular complexity index is 1030. The van der Waals surface area contributed by atoms with E-state index in [2.05, 4.69) is 25.6 Å². The minimum Gasteiger partial charge on any atom is -0.491 e. The highest BCUT2D eigenvalue weighted by Gasteiger charge is 2.26. The van der Waals surface area contributed by atoms with Gasteiger partial charge in [-0.15, -0.1) is 0 Å². The molecule has 0 saturated heterocycles. The molecule has 10 heteroatoms. The van der Waals surface area contributed by atoms with Crippen LogP contribution in [0.15, 0.2) is 30.6 Å². The number of hydrogen-bond donors (Lipinski definition) is 3. The van der Waals surface area contributed by atoms with Crippen LogP contribution in [-0.4, -0.2) is 46.7 Å². The monoisotopic (exact) mass is 391 g/mol. The molecule has 0 bridgehead atoms. The van der Waals surface area contributed by atoms with E-state index in [0.29, 0.717) is 35.5 Å². The molecule has 0 spiro atoms. The van der Waals surface area contributed by atoms with Crippen molar-refractivity contribution in [3.8, 4) is 16.9 Å². The fourth-order valence-electron chi connectivity index (χ4n) is 2.96. The lowest BCUT2D eigenvalue weighted by Crippen LogP contribution is -2.24. The number of halogens is 3. The summed E-state index contributed by atoms with van der Waals surface area (Å²) in [6.45, 7) is 0.521. The van der Waals surface area contributed by atoms with Crippen LogP contribution in [0.4, 0.5) is 19.1 Å². The number of aromatic nitrogens is 3. The van der Waals surface area contributed by atoms with Gasteiger partial charge in [-0.2, -0.15) is 18.2 Å². The molecule has 4 rings (SSSR count). The maximum absolute atomic E-state index is 12.2. The number of carbonyl (C=O) groups is 1. The second kappa shape index (κ2) is 7.02. The molecule has 2 aromatic heterocycles. The third kappa shape index (κ3) is 3.71. The van der Waals surface area contributed by atoms with Gasteiger partial charge in [-0.05, 0) is 17.7 Å². The lowest BCUT2D eigenvalue weighted by atomic mass is 10.0. The second-order valence-electron chi connectivity index (χ2n) is 6.27. The summed E-state index contributed by atoms with van der Waals surface area (Å²) in [5.41, 5.74) is 2.57. The molecule has 28 heavy (non-hydrogen) atoms. The second-order valence-corrected chi connectivity index (χ2v) is 6.27. The number of nitrogens with one attached hydrogen (secondary N) is 3. The van der Waals surface area contributed by atoms with E-state index in [1.54, 1.807) is 30.6 Å². The number of aromatic amines is 1. The zero-order valence-electron chi connectivity index (χ0n) is 14.6. The number of ether oxygens (including phenoxy) is 1. The van der Waals surface area contributed by atoms with E-state index < -0.39 is 12.6 Å². The van der Waals surface area contributed by atoms with E-state index in [4.69, 9.17) is 4.74 Å². The highest BCUT2D eigenvalue weighted by atomic mass is 19.4. The minimum absolute atomic E-state index is 0.118. The van der Waals surface area contributed by atoms with Gasteiger partial charge in [-0.1, -0.05) is 6.07 Å². The van der Waals surface area contributed by atoms with Crippen molar-refractivity contribution >= 4 is 22.9 Å². The van der Waals surface area contributed by atoms with Crippen LogP contribution < -0.4 is 15.4 Å². The first-order chi connectivity index (χ1) is 13.4. The topological polar surface area (TPSA) is 91.9 Å². The number of fused-ring (bicyclic) bond motifs is 2. The van der Waals surface area contributed by atoms with Crippen molar-refractivity contribution in [2.45, 2.75) is 12.6 Å². The van der Waals surface area contributed by atoms with Gasteiger partial charge in [0.25, 0.3) is 5.91 Å². The molecule has 7 nitrogen and oxygen atoms in total. The normalized spacial score (nSPS) is 14.2. The van der Waals surface area contributed by atoms with Crippen LogP contribution in [0.5, 0.6) is 5.75 Å². The van der Waals surface area contributed by atoms with Gasteiger partial charge in [-0.25, -0.2) is 4.98 Å². The summed E-state index contributed by atoms with van der Waals surface area (Å²) >= 11 is 0. The molecule has 0 saturated carbocycles. The summed E-state index contributed by atoms with van der Waals surface area (Å²) in [5, 5.41) is 6.03. The number of amides is 1. The Kier molecular flexibility index (Phi) is 4.54. The van der Waals surface area contributed by atoms with Crippen LogP contribution in [0.3, 0.4) is 0 Å². The van der Waals surface area contributed by atoms with Crippen LogP contribution in [-0.2, 0) is 0 Å². The number of nitrogens with zero attached hydrogens (tertiary/aromatic N) is 2. The minimum atomic E-state index is -4.24. The standard InChI is InChI=1S/C18H16F3N5O2/c19-18(20,21)3-4-23-17-25-9-13-12(8-24-15(13)26-17)10-1-2-11-14(7-10)28-6-5-22-16(11)27/h1-2,7-9H,3-6H2,(H,22,27)(H2,23,24,25,26). The molecule has 1 aliphatic rings. The fraction of sp³-hybridized carbons (Fsp3) is 0.278. The van der Waals surface area contributed by atoms with Crippen molar-refractivity contribution in [3.05, 3.63) is 36.2 Å². The zero-order valence-corrected chi connectivity index (χ0v) is 14.6. The summed E-state index contributed by atoms with van der Waals surface area (Å²) in [5.74, 6) is 0.427.